The number of nitrogens with one attached hydrogen (secondary N) is 1. The molecule has 0 radical (unpaired) electrons. The van der Waals surface area contributed by atoms with Crippen LogP contribution in [0.4, 0.5) is 5.69 Å². The highest BCUT2D eigenvalue weighted by Gasteiger charge is 2.12. The molecule has 0 aliphatic rings. The molecule has 0 saturated carbocycles. The van der Waals surface area contributed by atoms with Gasteiger partial charge in [-0.05, 0) is 44.9 Å². The smallest absolute Gasteiger partial charge is 0.224 e. The molecule has 0 fully saturated rings. The highest BCUT2D eigenvalue weighted by molar-refractivity contribution is 6.31. The third-order valence-electron chi connectivity index (χ3n) is 3.26. The van der Waals surface area contributed by atoms with E-state index in [-0.39, 0.29) is 5.91 Å². The number of aromatic nitrogens is 1. The molecule has 0 spiro atoms. The number of rotatable bonds is 4. The SMILES string of the molecule is Cc1ccc(Cl)cc1NC(=O)CCc1c(C)noc1C. The van der Waals surface area contributed by atoms with Gasteiger partial charge in [0.1, 0.15) is 5.76 Å². The molecule has 0 bridgehead atoms. The third-order valence-corrected chi connectivity index (χ3v) is 3.49. The molecule has 106 valence electrons. The number of anilines is 1. The Balaban J connectivity index is 1.98. The van der Waals surface area contributed by atoms with Gasteiger partial charge in [-0.3, -0.25) is 4.79 Å². The molecule has 2 aromatic rings. The van der Waals surface area contributed by atoms with Crippen molar-refractivity contribution in [3.05, 3.63) is 45.8 Å². The first-order valence-corrected chi connectivity index (χ1v) is 6.83. The molecule has 5 heteroatoms. The average molecular weight is 293 g/mol. The van der Waals surface area contributed by atoms with Crippen LogP contribution in [0.25, 0.3) is 0 Å². The van der Waals surface area contributed by atoms with E-state index in [4.69, 9.17) is 16.1 Å². The highest BCUT2D eigenvalue weighted by atomic mass is 35.5. The minimum Gasteiger partial charge on any atom is -0.361 e. The number of hydrogen-bond acceptors (Lipinski definition) is 3. The van der Waals surface area contributed by atoms with E-state index in [9.17, 15) is 4.79 Å². The fourth-order valence-electron chi connectivity index (χ4n) is 2.04. The Morgan fingerprint density at radius 3 is 2.75 bits per heavy atom. The van der Waals surface area contributed by atoms with E-state index in [1.165, 1.54) is 0 Å². The van der Waals surface area contributed by atoms with Crippen molar-refractivity contribution in [2.75, 3.05) is 5.32 Å². The van der Waals surface area contributed by atoms with Crippen LogP contribution in [-0.4, -0.2) is 11.1 Å². The predicted octanol–water partition coefficient (Wildman–Crippen LogP) is 3.82. The summed E-state index contributed by atoms with van der Waals surface area (Å²) < 4.78 is 5.08. The summed E-state index contributed by atoms with van der Waals surface area (Å²) in [6, 6.07) is 5.44. The highest BCUT2D eigenvalue weighted by Crippen LogP contribution is 2.21. The lowest BCUT2D eigenvalue weighted by Crippen LogP contribution is -2.13. The van der Waals surface area contributed by atoms with Crippen LogP contribution in [0.2, 0.25) is 5.02 Å². The zero-order valence-corrected chi connectivity index (χ0v) is 12.5. The van der Waals surface area contributed by atoms with E-state index in [1.807, 2.05) is 26.8 Å². The molecule has 0 unspecified atom stereocenters. The molecule has 0 saturated heterocycles. The molecule has 1 aromatic heterocycles. The van der Waals surface area contributed by atoms with Crippen LogP contribution >= 0.6 is 11.6 Å². The van der Waals surface area contributed by atoms with Gasteiger partial charge < -0.3 is 9.84 Å². The van der Waals surface area contributed by atoms with Crippen molar-refractivity contribution in [3.63, 3.8) is 0 Å². The normalized spacial score (nSPS) is 10.6. The number of carbonyl (C=O) groups excluding carboxylic acids is 1. The van der Waals surface area contributed by atoms with Crippen molar-refractivity contribution in [2.24, 2.45) is 0 Å². The van der Waals surface area contributed by atoms with E-state index in [2.05, 4.69) is 10.5 Å². The maximum atomic E-state index is 12.0. The predicted molar refractivity (Wildman–Crippen MR) is 79.1 cm³/mol. The van der Waals surface area contributed by atoms with Crippen molar-refractivity contribution < 1.29 is 9.32 Å². The van der Waals surface area contributed by atoms with Gasteiger partial charge in [0, 0.05) is 22.7 Å². The standard InChI is InChI=1S/C15H17ClN2O2/c1-9-4-5-12(16)8-14(9)17-15(19)7-6-13-10(2)18-20-11(13)3/h4-5,8H,6-7H2,1-3H3,(H,17,19). The van der Waals surface area contributed by atoms with Crippen molar-refractivity contribution in [3.8, 4) is 0 Å². The quantitative estimate of drug-likeness (QED) is 0.932. The van der Waals surface area contributed by atoms with E-state index in [0.717, 1.165) is 28.3 Å². The summed E-state index contributed by atoms with van der Waals surface area (Å²) in [6.45, 7) is 5.67. The van der Waals surface area contributed by atoms with E-state index >= 15 is 0 Å². The van der Waals surface area contributed by atoms with Gasteiger partial charge in [0.2, 0.25) is 5.91 Å². The molecular formula is C15H17ClN2O2. The van der Waals surface area contributed by atoms with Crippen molar-refractivity contribution in [2.45, 2.75) is 33.6 Å². The summed E-state index contributed by atoms with van der Waals surface area (Å²) in [7, 11) is 0. The van der Waals surface area contributed by atoms with Crippen LogP contribution in [0, 0.1) is 20.8 Å². The second-order valence-electron chi connectivity index (χ2n) is 4.81. The first-order chi connectivity index (χ1) is 9.47. The lowest BCUT2D eigenvalue weighted by Gasteiger charge is -2.08. The second kappa shape index (κ2) is 6.09. The summed E-state index contributed by atoms with van der Waals surface area (Å²) in [4.78, 5) is 12.0. The molecule has 4 nitrogen and oxygen atoms in total. The van der Waals surface area contributed by atoms with Gasteiger partial charge in [-0.1, -0.05) is 22.8 Å². The Morgan fingerprint density at radius 2 is 2.10 bits per heavy atom. The summed E-state index contributed by atoms with van der Waals surface area (Å²) in [5.74, 6) is 0.726. The van der Waals surface area contributed by atoms with E-state index in [0.29, 0.717) is 17.9 Å². The summed E-state index contributed by atoms with van der Waals surface area (Å²) in [5.41, 5.74) is 3.58. The Hall–Kier alpha value is -1.81. The molecule has 1 amide bonds. The van der Waals surface area contributed by atoms with Crippen molar-refractivity contribution in [1.82, 2.24) is 5.16 Å². The number of amides is 1. The van der Waals surface area contributed by atoms with E-state index in [1.54, 1.807) is 12.1 Å². The van der Waals surface area contributed by atoms with Gasteiger partial charge in [0.25, 0.3) is 0 Å². The Kier molecular flexibility index (Phi) is 4.45. The maximum Gasteiger partial charge on any atom is 0.224 e. The first kappa shape index (κ1) is 14.6. The van der Waals surface area contributed by atoms with Gasteiger partial charge in [-0.25, -0.2) is 0 Å². The molecule has 1 N–H and O–H groups in total. The molecule has 1 heterocycles. The van der Waals surface area contributed by atoms with Crippen LogP contribution in [-0.2, 0) is 11.2 Å². The Bertz CT molecular complexity index is 615. The Morgan fingerprint density at radius 1 is 1.35 bits per heavy atom. The molecule has 1 aromatic carbocycles. The van der Waals surface area contributed by atoms with Crippen LogP contribution in [0.15, 0.2) is 22.7 Å². The largest absolute Gasteiger partial charge is 0.361 e. The Labute approximate surface area is 123 Å². The van der Waals surface area contributed by atoms with Gasteiger partial charge in [0.15, 0.2) is 0 Å². The van der Waals surface area contributed by atoms with Crippen LogP contribution in [0.5, 0.6) is 0 Å². The number of hydrogen-bond donors (Lipinski definition) is 1. The summed E-state index contributed by atoms with van der Waals surface area (Å²) in [5, 5.41) is 7.37. The summed E-state index contributed by atoms with van der Waals surface area (Å²) in [6.07, 6.45) is 1.00. The third kappa shape index (κ3) is 3.39. The average Bonchev–Trinajstić information content (AvgIpc) is 2.71. The van der Waals surface area contributed by atoms with Crippen LogP contribution < -0.4 is 5.32 Å². The second-order valence-corrected chi connectivity index (χ2v) is 5.25. The van der Waals surface area contributed by atoms with Crippen LogP contribution in [0.3, 0.4) is 0 Å². The molecule has 0 aliphatic carbocycles. The topological polar surface area (TPSA) is 55.1 Å². The van der Waals surface area contributed by atoms with Crippen LogP contribution in [0.1, 0.15) is 29.0 Å². The number of aryl methyl sites for hydroxylation is 3. The molecule has 20 heavy (non-hydrogen) atoms. The summed E-state index contributed by atoms with van der Waals surface area (Å²) >= 11 is 5.93. The fraction of sp³-hybridized carbons (Fsp3) is 0.333. The maximum absolute atomic E-state index is 12.0. The van der Waals surface area contributed by atoms with Gasteiger partial charge in [-0.15, -0.1) is 0 Å². The minimum atomic E-state index is -0.0460. The van der Waals surface area contributed by atoms with Crippen molar-refractivity contribution in [1.29, 1.82) is 0 Å². The molecule has 0 atom stereocenters. The number of carbonyl (C=O) groups is 1. The van der Waals surface area contributed by atoms with E-state index < -0.39 is 0 Å². The zero-order valence-electron chi connectivity index (χ0n) is 11.8. The minimum absolute atomic E-state index is 0.0460. The first-order valence-electron chi connectivity index (χ1n) is 6.45. The zero-order chi connectivity index (χ0) is 14.7. The molecule has 0 aliphatic heterocycles. The van der Waals surface area contributed by atoms with Gasteiger partial charge in [-0.2, -0.15) is 0 Å². The number of halogens is 1. The van der Waals surface area contributed by atoms with Crippen molar-refractivity contribution >= 4 is 23.2 Å². The molecular weight excluding hydrogens is 276 g/mol. The lowest BCUT2D eigenvalue weighted by molar-refractivity contribution is -0.116. The molecule has 2 rings (SSSR count). The monoisotopic (exact) mass is 292 g/mol. The lowest BCUT2D eigenvalue weighted by atomic mass is 10.1. The van der Waals surface area contributed by atoms with Gasteiger partial charge >= 0.3 is 0 Å². The van der Waals surface area contributed by atoms with Gasteiger partial charge in [0.05, 0.1) is 5.69 Å². The number of benzene rings is 1. The number of nitrogens with zero attached hydrogens (tertiary/aromatic N) is 1. The fourth-order valence-corrected chi connectivity index (χ4v) is 2.21.